The zero-order valence-electron chi connectivity index (χ0n) is 55.0. The molecular formula is C67H100BrN7O14. The van der Waals surface area contributed by atoms with E-state index in [1.165, 1.54) is 32.2 Å². The van der Waals surface area contributed by atoms with Gasteiger partial charge in [0.1, 0.15) is 6.61 Å². The zero-order chi connectivity index (χ0) is 66.6. The summed E-state index contributed by atoms with van der Waals surface area (Å²) < 4.78 is 18.0. The van der Waals surface area contributed by atoms with E-state index >= 15 is 0 Å². The van der Waals surface area contributed by atoms with Crippen LogP contribution < -0.4 is 16.0 Å². The van der Waals surface area contributed by atoms with Crippen molar-refractivity contribution >= 4 is 80.6 Å². The molecule has 0 saturated carbocycles. The fourth-order valence-corrected chi connectivity index (χ4v) is 12.4. The summed E-state index contributed by atoms with van der Waals surface area (Å²) in [5, 5.41) is 19.5. The Kier molecular flexibility index (Phi) is 30.3. The smallest absolute Gasteiger partial charge is 0.410 e. The van der Waals surface area contributed by atoms with Crippen molar-refractivity contribution in [1.82, 2.24) is 30.2 Å². The van der Waals surface area contributed by atoms with Crippen LogP contribution in [0.5, 0.6) is 0 Å². The molecule has 21 nitrogen and oxygen atoms in total. The number of hydrogen-bond donors (Lipinski definition) is 4. The molecule has 2 aliphatic rings. The van der Waals surface area contributed by atoms with Crippen LogP contribution in [0.15, 0.2) is 65.2 Å². The first kappa shape index (κ1) is 75.1. The Labute approximate surface area is 535 Å². The molecule has 0 radical (unpaired) electrons. The molecule has 0 aliphatic carbocycles. The third-order valence-corrected chi connectivity index (χ3v) is 18.1. The number of benzene rings is 2. The molecule has 2 aromatic rings. The SMILES string of the molecule is CC[C@@H](C)[C@@H]([C@@H](CC(=O)N1CCC[C@H]1[C@H](OC)[C@@H](C)C(=O)N[C@@H](C)[C@H](O)c1ccccc1)OC)N(C)C(=O)[C@@H](CC(=O)[C@H](C(C)C)N(C)C(=O)OCc1ccc(NC(=O)[C@@H](C)CC(=O)[C@H](NC(=O)CCCCCN2C(=O)C=C(Br)C2=O)C(C)C)cc1)C(C)C. The number of ketones is 2. The number of hydrogen-bond acceptors (Lipinski definition) is 14. The fourth-order valence-electron chi connectivity index (χ4n) is 12.0. The van der Waals surface area contributed by atoms with Crippen molar-refractivity contribution in [1.29, 1.82) is 0 Å². The molecule has 0 spiro atoms. The Balaban J connectivity index is 1.32. The van der Waals surface area contributed by atoms with Crippen molar-refractivity contribution in [3.8, 4) is 0 Å². The maximum atomic E-state index is 14.8. The molecule has 2 heterocycles. The largest absolute Gasteiger partial charge is 0.445 e. The van der Waals surface area contributed by atoms with Crippen LogP contribution >= 0.6 is 15.9 Å². The molecule has 4 N–H and O–H groups in total. The Bertz CT molecular complexity index is 2760. The van der Waals surface area contributed by atoms with Crippen LogP contribution in [0.25, 0.3) is 0 Å². The van der Waals surface area contributed by atoms with Crippen LogP contribution in [0.1, 0.15) is 158 Å². The number of ether oxygens (including phenoxy) is 3. The molecule has 8 amide bonds. The van der Waals surface area contributed by atoms with Gasteiger partial charge in [-0.1, -0.05) is 125 Å². The highest BCUT2D eigenvalue weighted by atomic mass is 79.9. The summed E-state index contributed by atoms with van der Waals surface area (Å²) in [7, 11) is 6.23. The van der Waals surface area contributed by atoms with Crippen molar-refractivity contribution in [3.63, 3.8) is 0 Å². The van der Waals surface area contributed by atoms with Gasteiger partial charge in [-0.3, -0.25) is 48.1 Å². The van der Waals surface area contributed by atoms with Gasteiger partial charge >= 0.3 is 6.09 Å². The highest BCUT2D eigenvalue weighted by molar-refractivity contribution is 9.12. The highest BCUT2D eigenvalue weighted by Gasteiger charge is 2.44. The number of carbonyl (C=O) groups is 10. The van der Waals surface area contributed by atoms with Crippen LogP contribution in [0.4, 0.5) is 10.5 Å². The summed E-state index contributed by atoms with van der Waals surface area (Å²) in [5.74, 6) is -6.09. The molecule has 2 aromatic carbocycles. The minimum Gasteiger partial charge on any atom is -0.445 e. The number of aliphatic hydroxyl groups is 1. The summed E-state index contributed by atoms with van der Waals surface area (Å²) in [6.07, 6.45) is 1.57. The number of halogens is 1. The second-order valence-electron chi connectivity index (χ2n) is 25.3. The van der Waals surface area contributed by atoms with Crippen LogP contribution in [-0.4, -0.2) is 168 Å². The number of methoxy groups -OCH3 is 2. The maximum Gasteiger partial charge on any atom is 0.410 e. The number of amides is 8. The van der Waals surface area contributed by atoms with Gasteiger partial charge in [-0.25, -0.2) is 4.79 Å². The zero-order valence-corrected chi connectivity index (χ0v) is 56.6. The van der Waals surface area contributed by atoms with E-state index in [4.69, 9.17) is 14.2 Å². The molecule has 89 heavy (non-hydrogen) atoms. The summed E-state index contributed by atoms with van der Waals surface area (Å²) >= 11 is 3.07. The van der Waals surface area contributed by atoms with Crippen molar-refractivity contribution in [3.05, 3.63) is 76.3 Å². The second kappa shape index (κ2) is 35.9. The van der Waals surface area contributed by atoms with Crippen molar-refractivity contribution < 1.29 is 67.3 Å². The quantitative estimate of drug-likeness (QED) is 0.0368. The summed E-state index contributed by atoms with van der Waals surface area (Å²) in [6.45, 7) is 20.7. The van der Waals surface area contributed by atoms with E-state index in [9.17, 15) is 53.1 Å². The summed E-state index contributed by atoms with van der Waals surface area (Å²) in [5.41, 5.74) is 1.72. The van der Waals surface area contributed by atoms with Gasteiger partial charge in [-0.15, -0.1) is 0 Å². The number of Topliss-reactive ketones (excluding diaryl/α,β-unsaturated/α-hetero) is 2. The van der Waals surface area contributed by atoms with Gasteiger partial charge < -0.3 is 50.0 Å². The lowest BCUT2D eigenvalue weighted by Gasteiger charge is -2.41. The molecule has 1 saturated heterocycles. The lowest BCUT2D eigenvalue weighted by Crippen LogP contribution is -2.55. The van der Waals surface area contributed by atoms with E-state index in [2.05, 4.69) is 31.9 Å². The van der Waals surface area contributed by atoms with E-state index < -0.39 is 78.3 Å². The van der Waals surface area contributed by atoms with Crippen molar-refractivity contribution in [2.24, 2.45) is 41.4 Å². The first-order chi connectivity index (χ1) is 42.0. The minimum absolute atomic E-state index is 0.0578. The number of unbranched alkanes of at least 4 members (excludes halogenated alkanes) is 2. The lowest BCUT2D eigenvalue weighted by atomic mass is 9.83. The molecule has 4 rings (SSSR count). The number of likely N-dealkylation sites (tertiary alicyclic amines) is 1. The first-order valence-corrected chi connectivity index (χ1v) is 32.3. The topological polar surface area (TPSA) is 268 Å². The average Bonchev–Trinajstić information content (AvgIpc) is 3.94. The number of imide groups is 1. The number of likely N-dealkylation sites (N-methyl/N-ethyl adjacent to an activating group) is 2. The van der Waals surface area contributed by atoms with E-state index in [1.54, 1.807) is 74.0 Å². The van der Waals surface area contributed by atoms with Crippen molar-refractivity contribution in [2.45, 2.75) is 195 Å². The van der Waals surface area contributed by atoms with Gasteiger partial charge in [0.15, 0.2) is 11.6 Å². The first-order valence-electron chi connectivity index (χ1n) is 31.5. The van der Waals surface area contributed by atoms with Crippen LogP contribution in [0.2, 0.25) is 0 Å². The van der Waals surface area contributed by atoms with E-state index in [1.807, 2.05) is 73.6 Å². The molecule has 1 fully saturated rings. The summed E-state index contributed by atoms with van der Waals surface area (Å²) in [4.78, 5) is 140. The average molecular weight is 1310 g/mol. The number of nitrogens with one attached hydrogen (secondary N) is 3. The number of aliphatic hydroxyl groups excluding tert-OH is 1. The van der Waals surface area contributed by atoms with Gasteiger partial charge in [-0.2, -0.15) is 0 Å². The molecule has 0 aromatic heterocycles. The molecular weight excluding hydrogens is 1210 g/mol. The molecule has 0 bridgehead atoms. The van der Waals surface area contributed by atoms with E-state index in [0.29, 0.717) is 61.9 Å². The van der Waals surface area contributed by atoms with Gasteiger partial charge in [0.05, 0.1) is 65.3 Å². The standard InChI is InChI=1S/C67H100BrN7O14/c1-16-42(8)60(54(87-14)37-57(80)74-33-23-26-51(74)62(88-15)44(10)64(83)69-45(11)61(81)47-24-19-17-20-25-47)72(12)65(84)49(39(2)3)35-53(77)59(41(6)7)73(13)67(86)89-38-46-28-30-48(31-29-46)70-63(82)43(9)34-52(76)58(40(4)5)71-55(78)27-21-18-22-32-75-56(79)36-50(68)66(75)85/h17,19-20,24-25,28-31,36,39-45,49,51,54,58-62,81H,16,18,21-23,26-27,32-35,37-38H2,1-15H3,(H,69,83)(H,70,82)(H,71,78)/t42-,43+,44-,45+,49+,51+,54-,58-,59+,60+,61+,62-/m1/s1. The van der Waals surface area contributed by atoms with Gasteiger partial charge in [-0.05, 0) is 95.5 Å². The van der Waals surface area contributed by atoms with Crippen LogP contribution in [0, 0.1) is 41.4 Å². The van der Waals surface area contributed by atoms with E-state index in [-0.39, 0.29) is 114 Å². The third-order valence-electron chi connectivity index (χ3n) is 17.6. The molecule has 22 heteroatoms. The predicted molar refractivity (Wildman–Crippen MR) is 342 cm³/mol. The predicted octanol–water partition coefficient (Wildman–Crippen LogP) is 8.55. The molecule has 2 aliphatic heterocycles. The molecule has 494 valence electrons. The lowest BCUT2D eigenvalue weighted by molar-refractivity contribution is -0.149. The maximum absolute atomic E-state index is 14.8. The number of nitrogens with zero attached hydrogens (tertiary/aromatic N) is 4. The van der Waals surface area contributed by atoms with Crippen LogP contribution in [0.3, 0.4) is 0 Å². The van der Waals surface area contributed by atoms with Gasteiger partial charge in [0, 0.05) is 84.3 Å². The molecule has 12 atom stereocenters. The fraction of sp³-hybridized carbons (Fsp3) is 0.642. The third kappa shape index (κ3) is 21.1. The van der Waals surface area contributed by atoms with E-state index in [0.717, 1.165) is 4.90 Å². The monoisotopic (exact) mass is 1310 g/mol. The minimum atomic E-state index is -0.941. The Hall–Kier alpha value is -6.36. The van der Waals surface area contributed by atoms with Crippen molar-refractivity contribution in [2.75, 3.05) is 46.7 Å². The van der Waals surface area contributed by atoms with Crippen LogP contribution in [-0.2, 0) is 64.0 Å². The number of carbonyl (C=O) groups excluding carboxylic acids is 10. The number of rotatable bonds is 36. The normalized spacial score (nSPS) is 18.0. The Morgan fingerprint density at radius 2 is 1.40 bits per heavy atom. The Morgan fingerprint density at radius 3 is 1.97 bits per heavy atom. The van der Waals surface area contributed by atoms with Gasteiger partial charge in [0.2, 0.25) is 29.5 Å². The highest BCUT2D eigenvalue weighted by Crippen LogP contribution is 2.32. The second-order valence-corrected chi connectivity index (χ2v) is 26.1. The number of anilines is 1. The van der Waals surface area contributed by atoms with Gasteiger partial charge in [0.25, 0.3) is 11.8 Å². The molecule has 0 unspecified atom stereocenters. The Morgan fingerprint density at radius 1 is 0.753 bits per heavy atom. The summed E-state index contributed by atoms with van der Waals surface area (Å²) in [6, 6.07) is 12.4.